The van der Waals surface area contributed by atoms with Crippen molar-refractivity contribution in [3.8, 4) is 0 Å². The van der Waals surface area contributed by atoms with E-state index >= 15 is 0 Å². The van der Waals surface area contributed by atoms with Crippen LogP contribution in [0.5, 0.6) is 0 Å². The molecule has 3 aromatic rings. The van der Waals surface area contributed by atoms with Gasteiger partial charge >= 0.3 is 0 Å². The molecule has 118 valence electrons. The average molecular weight is 364 g/mol. The Labute approximate surface area is 143 Å². The Bertz CT molecular complexity index is 826. The number of carbonyl (C=O) groups excluding carboxylic acids is 2. The number of rotatable bonds is 6. The van der Waals surface area contributed by atoms with Crippen molar-refractivity contribution in [3.05, 3.63) is 35.3 Å². The highest BCUT2D eigenvalue weighted by atomic mass is 32.2. The molecule has 0 aliphatic rings. The van der Waals surface area contributed by atoms with E-state index in [1.165, 1.54) is 23.1 Å². The second-order valence-corrected chi connectivity index (χ2v) is 7.59. The summed E-state index contributed by atoms with van der Waals surface area (Å²) in [4.78, 5) is 30.9. The minimum Gasteiger partial charge on any atom is -0.550 e. The molecule has 1 aromatic carbocycles. The second kappa shape index (κ2) is 7.07. The molecule has 0 bridgehead atoms. The third-order valence-corrected chi connectivity index (χ3v) is 5.71. The molecule has 0 atom stereocenters. The number of thioether (sulfide) groups is 1. The summed E-state index contributed by atoms with van der Waals surface area (Å²) < 4.78 is 1.92. The van der Waals surface area contributed by atoms with E-state index < -0.39 is 5.97 Å². The number of fused-ring (bicyclic) bond motifs is 1. The molecular formula is C14H10N3O3S3-. The zero-order valence-electron chi connectivity index (χ0n) is 11.6. The van der Waals surface area contributed by atoms with Gasteiger partial charge in [0.25, 0.3) is 0 Å². The molecule has 0 aliphatic carbocycles. The Balaban J connectivity index is 1.54. The predicted molar refractivity (Wildman–Crippen MR) is 89.8 cm³/mol. The highest BCUT2D eigenvalue weighted by molar-refractivity contribution is 8.01. The maximum absolute atomic E-state index is 11.9. The number of benzene rings is 1. The van der Waals surface area contributed by atoms with Crippen molar-refractivity contribution in [2.24, 2.45) is 0 Å². The number of amides is 1. The molecule has 0 spiro atoms. The van der Waals surface area contributed by atoms with Crippen molar-refractivity contribution in [2.75, 3.05) is 11.1 Å². The van der Waals surface area contributed by atoms with E-state index in [9.17, 15) is 14.7 Å². The number of hydrogen-bond donors (Lipinski definition) is 1. The van der Waals surface area contributed by atoms with E-state index in [1.54, 1.807) is 16.7 Å². The first-order valence-corrected chi connectivity index (χ1v) is 9.21. The van der Waals surface area contributed by atoms with Gasteiger partial charge in [0.1, 0.15) is 0 Å². The van der Waals surface area contributed by atoms with Crippen molar-refractivity contribution in [2.45, 2.75) is 10.8 Å². The van der Waals surface area contributed by atoms with Crippen LogP contribution >= 0.6 is 34.4 Å². The van der Waals surface area contributed by atoms with E-state index in [0.717, 1.165) is 14.6 Å². The number of carboxylic acids is 1. The topological polar surface area (TPSA) is 95.0 Å². The lowest BCUT2D eigenvalue weighted by molar-refractivity contribution is -0.304. The Morgan fingerprint density at radius 2 is 2.09 bits per heavy atom. The molecule has 1 amide bonds. The maximum atomic E-state index is 11.9. The summed E-state index contributed by atoms with van der Waals surface area (Å²) in [5.74, 6) is -1.18. The fourth-order valence-corrected chi connectivity index (χ4v) is 4.38. The lowest BCUT2D eigenvalue weighted by atomic mass is 10.3. The average Bonchev–Trinajstić information content (AvgIpc) is 3.10. The number of aromatic nitrogens is 2. The Hall–Kier alpha value is -1.97. The third-order valence-electron chi connectivity index (χ3n) is 2.72. The zero-order chi connectivity index (χ0) is 16.2. The van der Waals surface area contributed by atoms with Crippen molar-refractivity contribution in [1.82, 2.24) is 9.97 Å². The lowest BCUT2D eigenvalue weighted by Gasteiger charge is -2.00. The number of nitrogens with one attached hydrogen (secondary N) is 1. The Morgan fingerprint density at radius 3 is 2.87 bits per heavy atom. The molecule has 2 heterocycles. The van der Waals surface area contributed by atoms with Crippen LogP contribution in [0.3, 0.4) is 0 Å². The first kappa shape index (κ1) is 15.9. The molecule has 0 saturated heterocycles. The monoisotopic (exact) mass is 364 g/mol. The summed E-state index contributed by atoms with van der Waals surface area (Å²) in [5.41, 5.74) is 1.30. The molecule has 0 radical (unpaired) electrons. The summed E-state index contributed by atoms with van der Waals surface area (Å²) in [7, 11) is 0. The number of para-hydroxylation sites is 1. The fraction of sp³-hybridized carbons (Fsp3) is 0.143. The van der Waals surface area contributed by atoms with Crippen LogP contribution in [0.15, 0.2) is 34.0 Å². The normalized spacial score (nSPS) is 10.8. The maximum Gasteiger partial charge on any atom is 0.236 e. The van der Waals surface area contributed by atoms with E-state index in [0.29, 0.717) is 10.8 Å². The molecule has 23 heavy (non-hydrogen) atoms. The zero-order valence-corrected chi connectivity index (χ0v) is 14.1. The summed E-state index contributed by atoms with van der Waals surface area (Å²) in [6.07, 6.45) is -0.257. The van der Waals surface area contributed by atoms with Crippen molar-refractivity contribution in [1.29, 1.82) is 0 Å². The van der Waals surface area contributed by atoms with Crippen molar-refractivity contribution < 1.29 is 14.7 Å². The number of hydrogen-bond acceptors (Lipinski definition) is 8. The van der Waals surface area contributed by atoms with Crippen LogP contribution in [0.25, 0.3) is 10.2 Å². The molecule has 1 N–H and O–H groups in total. The standard InChI is InChI=1S/C14H11N3O3S3/c18-11(17-13-15-8(6-21-13)5-12(19)20)7-22-14-16-9-3-1-2-4-10(9)23-14/h1-4,6H,5,7H2,(H,19,20)(H,15,17,18)/p-1. The van der Waals surface area contributed by atoms with Gasteiger partial charge in [-0.25, -0.2) is 9.97 Å². The van der Waals surface area contributed by atoms with Gasteiger partial charge in [-0.2, -0.15) is 0 Å². The predicted octanol–water partition coefficient (Wildman–Crippen LogP) is 1.78. The molecule has 6 nitrogen and oxygen atoms in total. The summed E-state index contributed by atoms with van der Waals surface area (Å²) >= 11 is 4.09. The number of anilines is 1. The van der Waals surface area contributed by atoms with Gasteiger partial charge in [-0.3, -0.25) is 4.79 Å². The molecule has 2 aromatic heterocycles. The quantitative estimate of drug-likeness (QED) is 0.670. The van der Waals surface area contributed by atoms with E-state index in [1.807, 2.05) is 24.3 Å². The molecule has 0 aliphatic heterocycles. The number of thiazole rings is 2. The highest BCUT2D eigenvalue weighted by Gasteiger charge is 2.10. The van der Waals surface area contributed by atoms with Gasteiger partial charge in [0.15, 0.2) is 9.47 Å². The summed E-state index contributed by atoms with van der Waals surface area (Å²) in [6.45, 7) is 0. The van der Waals surface area contributed by atoms with Crippen LogP contribution in [0.2, 0.25) is 0 Å². The van der Waals surface area contributed by atoms with Crippen LogP contribution < -0.4 is 10.4 Å². The van der Waals surface area contributed by atoms with Gasteiger partial charge in [-0.15, -0.1) is 22.7 Å². The van der Waals surface area contributed by atoms with Crippen LogP contribution in [0.4, 0.5) is 5.13 Å². The van der Waals surface area contributed by atoms with Gasteiger partial charge in [0.05, 0.1) is 21.7 Å². The Morgan fingerprint density at radius 1 is 1.26 bits per heavy atom. The molecule has 0 unspecified atom stereocenters. The van der Waals surface area contributed by atoms with Gasteiger partial charge < -0.3 is 15.2 Å². The SMILES string of the molecule is O=C([O-])Cc1csc(NC(=O)CSc2nc3ccccc3s2)n1. The molecule has 0 saturated carbocycles. The van der Waals surface area contributed by atoms with E-state index in [-0.39, 0.29) is 18.1 Å². The van der Waals surface area contributed by atoms with Crippen molar-refractivity contribution in [3.63, 3.8) is 0 Å². The third kappa shape index (κ3) is 4.27. The minimum absolute atomic E-state index is 0.205. The van der Waals surface area contributed by atoms with E-state index in [2.05, 4.69) is 15.3 Å². The van der Waals surface area contributed by atoms with Crippen molar-refractivity contribution >= 4 is 61.7 Å². The van der Waals surface area contributed by atoms with Gasteiger partial charge in [-0.1, -0.05) is 23.9 Å². The second-order valence-electron chi connectivity index (χ2n) is 4.48. The lowest BCUT2D eigenvalue weighted by Crippen LogP contribution is -2.24. The van der Waals surface area contributed by atoms with Gasteiger partial charge in [0, 0.05) is 17.8 Å². The summed E-state index contributed by atoms with van der Waals surface area (Å²) in [5, 5.41) is 15.1. The van der Waals surface area contributed by atoms with Crippen LogP contribution in [-0.2, 0) is 16.0 Å². The van der Waals surface area contributed by atoms with E-state index in [4.69, 9.17) is 0 Å². The van der Waals surface area contributed by atoms with Gasteiger partial charge in [0.2, 0.25) is 5.91 Å². The number of nitrogens with zero attached hydrogens (tertiary/aromatic N) is 2. The number of carboxylic acid groups (broad SMARTS) is 1. The molecule has 9 heteroatoms. The van der Waals surface area contributed by atoms with Crippen LogP contribution in [0, 0.1) is 0 Å². The Kier molecular flexibility index (Phi) is 4.89. The first-order valence-electron chi connectivity index (χ1n) is 6.52. The molecule has 0 fully saturated rings. The van der Waals surface area contributed by atoms with Gasteiger partial charge in [-0.05, 0) is 12.1 Å². The number of aliphatic carboxylic acids is 1. The largest absolute Gasteiger partial charge is 0.550 e. The highest BCUT2D eigenvalue weighted by Crippen LogP contribution is 2.29. The number of carbonyl (C=O) groups is 2. The summed E-state index contributed by atoms with van der Waals surface area (Å²) in [6, 6.07) is 7.81. The molecule has 3 rings (SSSR count). The smallest absolute Gasteiger partial charge is 0.236 e. The first-order chi connectivity index (χ1) is 11.1. The molecular weight excluding hydrogens is 354 g/mol. The fourth-order valence-electron chi connectivity index (χ4n) is 1.79. The minimum atomic E-state index is -1.19. The van der Waals surface area contributed by atoms with Crippen LogP contribution in [-0.4, -0.2) is 27.6 Å². The van der Waals surface area contributed by atoms with Crippen LogP contribution in [0.1, 0.15) is 5.69 Å².